The molecule has 1 saturated carbocycles. The molecule has 3 unspecified atom stereocenters. The third kappa shape index (κ3) is 4.70. The van der Waals surface area contributed by atoms with Gasteiger partial charge < -0.3 is 15.5 Å². The van der Waals surface area contributed by atoms with E-state index in [1.54, 1.807) is 17.0 Å². The molecule has 1 saturated heterocycles. The van der Waals surface area contributed by atoms with Gasteiger partial charge >= 0.3 is 6.03 Å². The smallest absolute Gasteiger partial charge is 0.315 e. The van der Waals surface area contributed by atoms with Crippen LogP contribution in [0, 0.1) is 11.3 Å². The van der Waals surface area contributed by atoms with Gasteiger partial charge in [0.25, 0.3) is 0 Å². The van der Waals surface area contributed by atoms with Crippen molar-refractivity contribution in [3.05, 3.63) is 29.3 Å². The lowest BCUT2D eigenvalue weighted by atomic mass is 9.71. The number of rotatable bonds is 3. The van der Waals surface area contributed by atoms with Gasteiger partial charge in [-0.25, -0.2) is 4.79 Å². The van der Waals surface area contributed by atoms with Gasteiger partial charge in [-0.1, -0.05) is 32.4 Å². The summed E-state index contributed by atoms with van der Waals surface area (Å²) >= 11 is 5.91. The van der Waals surface area contributed by atoms with Crippen molar-refractivity contribution < 1.29 is 9.59 Å². The van der Waals surface area contributed by atoms with Gasteiger partial charge in [-0.2, -0.15) is 0 Å². The Morgan fingerprint density at radius 3 is 2.46 bits per heavy atom. The highest BCUT2D eigenvalue weighted by molar-refractivity contribution is 6.30. The summed E-state index contributed by atoms with van der Waals surface area (Å²) in [6.07, 6.45) is 3.52. The van der Waals surface area contributed by atoms with E-state index in [1.807, 2.05) is 12.1 Å². The molecule has 3 rings (SSSR count). The van der Waals surface area contributed by atoms with Crippen molar-refractivity contribution in [3.8, 4) is 0 Å². The van der Waals surface area contributed by atoms with Crippen LogP contribution in [0.4, 0.5) is 10.5 Å². The molecule has 0 aromatic heterocycles. The first kappa shape index (κ1) is 19.0. The second kappa shape index (κ2) is 7.47. The summed E-state index contributed by atoms with van der Waals surface area (Å²) in [5, 5.41) is 6.72. The Labute approximate surface area is 160 Å². The first-order valence-corrected chi connectivity index (χ1v) is 9.72. The van der Waals surface area contributed by atoms with E-state index in [1.165, 1.54) is 6.42 Å². The van der Waals surface area contributed by atoms with Crippen LogP contribution in [-0.4, -0.2) is 30.6 Å². The lowest BCUT2D eigenvalue weighted by Crippen LogP contribution is -2.50. The predicted molar refractivity (Wildman–Crippen MR) is 104 cm³/mol. The van der Waals surface area contributed by atoms with E-state index in [0.29, 0.717) is 23.9 Å². The van der Waals surface area contributed by atoms with Crippen molar-refractivity contribution in [3.63, 3.8) is 0 Å². The van der Waals surface area contributed by atoms with Crippen LogP contribution in [0.5, 0.6) is 0 Å². The van der Waals surface area contributed by atoms with E-state index in [-0.39, 0.29) is 29.4 Å². The van der Waals surface area contributed by atoms with E-state index in [4.69, 9.17) is 11.6 Å². The van der Waals surface area contributed by atoms with Gasteiger partial charge in [-0.05, 0) is 54.9 Å². The van der Waals surface area contributed by atoms with Crippen LogP contribution in [0.1, 0.15) is 46.5 Å². The van der Waals surface area contributed by atoms with E-state index in [2.05, 4.69) is 31.4 Å². The molecule has 0 spiro atoms. The van der Waals surface area contributed by atoms with Gasteiger partial charge in [-0.15, -0.1) is 0 Å². The van der Waals surface area contributed by atoms with E-state index in [0.717, 1.165) is 18.5 Å². The number of urea groups is 1. The van der Waals surface area contributed by atoms with Crippen LogP contribution in [0.25, 0.3) is 0 Å². The van der Waals surface area contributed by atoms with Gasteiger partial charge in [0, 0.05) is 29.7 Å². The van der Waals surface area contributed by atoms with Crippen LogP contribution in [-0.2, 0) is 4.79 Å². The largest absolute Gasteiger partial charge is 0.335 e. The minimum atomic E-state index is -0.174. The normalized spacial score (nSPS) is 28.1. The summed E-state index contributed by atoms with van der Waals surface area (Å²) in [7, 11) is 0. The summed E-state index contributed by atoms with van der Waals surface area (Å²) in [5.41, 5.74) is 1.07. The van der Waals surface area contributed by atoms with E-state index < -0.39 is 0 Å². The Kier molecular flexibility index (Phi) is 5.47. The van der Waals surface area contributed by atoms with Gasteiger partial charge in [0.1, 0.15) is 0 Å². The number of nitrogens with zero attached hydrogens (tertiary/aromatic N) is 1. The van der Waals surface area contributed by atoms with Crippen molar-refractivity contribution in [1.29, 1.82) is 0 Å². The molecule has 1 aromatic rings. The molecule has 2 N–H and O–H groups in total. The monoisotopic (exact) mass is 377 g/mol. The molecule has 1 heterocycles. The fourth-order valence-corrected chi connectivity index (χ4v) is 4.67. The molecule has 3 atom stereocenters. The minimum absolute atomic E-state index is 0.0186. The number of anilines is 1. The summed E-state index contributed by atoms with van der Waals surface area (Å²) < 4.78 is 0. The molecule has 142 valence electrons. The zero-order chi connectivity index (χ0) is 18.9. The molecule has 0 radical (unpaired) electrons. The molecule has 5 nitrogen and oxygen atoms in total. The number of hydrogen-bond donors (Lipinski definition) is 2. The highest BCUT2D eigenvalue weighted by Crippen LogP contribution is 2.38. The van der Waals surface area contributed by atoms with Crippen molar-refractivity contribution in [1.82, 2.24) is 10.6 Å². The molecule has 6 heteroatoms. The molecular formula is C20H28ClN3O2. The van der Waals surface area contributed by atoms with E-state index >= 15 is 0 Å². The number of amides is 3. The van der Waals surface area contributed by atoms with Gasteiger partial charge in [0.05, 0.1) is 6.04 Å². The van der Waals surface area contributed by atoms with Crippen LogP contribution >= 0.6 is 11.6 Å². The molecule has 2 aliphatic rings. The Morgan fingerprint density at radius 2 is 1.81 bits per heavy atom. The van der Waals surface area contributed by atoms with Crippen molar-refractivity contribution in [2.45, 2.75) is 58.5 Å². The third-order valence-electron chi connectivity index (χ3n) is 5.32. The Bertz CT molecular complexity index is 674. The fourth-order valence-electron chi connectivity index (χ4n) is 4.54. The summed E-state index contributed by atoms with van der Waals surface area (Å²) in [4.78, 5) is 26.4. The first-order valence-electron chi connectivity index (χ1n) is 9.35. The quantitative estimate of drug-likeness (QED) is 0.837. The second-order valence-corrected chi connectivity index (χ2v) is 9.05. The lowest BCUT2D eigenvalue weighted by Gasteiger charge is -2.39. The third-order valence-corrected chi connectivity index (χ3v) is 5.57. The van der Waals surface area contributed by atoms with Crippen LogP contribution in [0.2, 0.25) is 5.02 Å². The van der Waals surface area contributed by atoms with E-state index in [9.17, 15) is 9.59 Å². The second-order valence-electron chi connectivity index (χ2n) is 8.61. The highest BCUT2D eigenvalue weighted by atomic mass is 35.5. The lowest BCUT2D eigenvalue weighted by molar-refractivity contribution is -0.117. The van der Waals surface area contributed by atoms with Crippen molar-refractivity contribution in [2.24, 2.45) is 11.3 Å². The van der Waals surface area contributed by atoms with Crippen molar-refractivity contribution in [2.75, 3.05) is 11.4 Å². The zero-order valence-corrected chi connectivity index (χ0v) is 16.5. The average Bonchev–Trinajstić information content (AvgIpc) is 2.86. The summed E-state index contributed by atoms with van der Waals surface area (Å²) in [6, 6.07) is 7.04. The molecule has 1 aliphatic carbocycles. The maximum absolute atomic E-state index is 12.4. The van der Waals surface area contributed by atoms with Crippen LogP contribution in [0.3, 0.4) is 0 Å². The van der Waals surface area contributed by atoms with Gasteiger partial charge in [-0.3, -0.25) is 4.79 Å². The molecular weight excluding hydrogens is 350 g/mol. The maximum atomic E-state index is 12.4. The number of hydrogen-bond acceptors (Lipinski definition) is 2. The summed E-state index contributed by atoms with van der Waals surface area (Å²) in [5.74, 6) is 0.627. The fraction of sp³-hybridized carbons (Fsp3) is 0.600. The summed E-state index contributed by atoms with van der Waals surface area (Å²) in [6.45, 7) is 7.25. The molecule has 0 bridgehead atoms. The Balaban J connectivity index is 1.54. The molecule has 1 aliphatic heterocycles. The molecule has 3 amide bonds. The number of carbonyl (C=O) groups excluding carboxylic acids is 2. The van der Waals surface area contributed by atoms with Crippen LogP contribution in [0.15, 0.2) is 24.3 Å². The number of halogens is 1. The van der Waals surface area contributed by atoms with Gasteiger partial charge in [0.15, 0.2) is 0 Å². The van der Waals surface area contributed by atoms with Crippen molar-refractivity contribution >= 4 is 29.2 Å². The van der Waals surface area contributed by atoms with Gasteiger partial charge in [0.2, 0.25) is 5.91 Å². The standard InChI is InChI=1S/C20H28ClN3O2/c1-13-8-15(11-20(2,3)10-13)22-19(26)23-16-9-18(25)24(12-16)17-6-4-14(21)5-7-17/h4-7,13,15-16H,8-12H2,1-3H3,(H2,22,23,26). The zero-order valence-electron chi connectivity index (χ0n) is 15.7. The predicted octanol–water partition coefficient (Wildman–Crippen LogP) is 3.96. The topological polar surface area (TPSA) is 61.4 Å². The average molecular weight is 378 g/mol. The number of benzene rings is 1. The highest BCUT2D eigenvalue weighted by Gasteiger charge is 2.34. The SMILES string of the molecule is CC1CC(NC(=O)NC2CC(=O)N(c3ccc(Cl)cc3)C2)CC(C)(C)C1. The minimum Gasteiger partial charge on any atom is -0.335 e. The number of nitrogens with one attached hydrogen (secondary N) is 2. The molecule has 1 aromatic carbocycles. The number of carbonyl (C=O) groups is 2. The van der Waals surface area contributed by atoms with Crippen LogP contribution < -0.4 is 15.5 Å². The maximum Gasteiger partial charge on any atom is 0.315 e. The molecule has 26 heavy (non-hydrogen) atoms. The molecule has 2 fully saturated rings. The Morgan fingerprint density at radius 1 is 1.15 bits per heavy atom. The Hall–Kier alpha value is -1.75. The first-order chi connectivity index (χ1) is 12.2.